The normalized spacial score (nSPS) is 11.4. The fourth-order valence-electron chi connectivity index (χ4n) is 2.45. The number of para-hydroxylation sites is 2. The van der Waals surface area contributed by atoms with Gasteiger partial charge in [-0.25, -0.2) is 9.66 Å². The number of hydrogen-bond donors (Lipinski definition) is 1. The number of aromatic nitrogens is 3. The van der Waals surface area contributed by atoms with E-state index >= 15 is 0 Å². The summed E-state index contributed by atoms with van der Waals surface area (Å²) in [6, 6.07) is 18.1. The average molecular weight is 248 g/mol. The molecule has 0 atom stereocenters. The fraction of sp³-hybridized carbons (Fsp3) is 0. The summed E-state index contributed by atoms with van der Waals surface area (Å²) in [6.45, 7) is 0. The first-order valence-electron chi connectivity index (χ1n) is 6.13. The van der Waals surface area contributed by atoms with Crippen molar-refractivity contribution in [2.24, 2.45) is 0 Å². The number of benzene rings is 2. The molecule has 0 unspecified atom stereocenters. The maximum absolute atomic E-state index is 6.10. The highest BCUT2D eigenvalue weighted by atomic mass is 15.4. The molecule has 4 aromatic rings. The van der Waals surface area contributed by atoms with Crippen molar-refractivity contribution in [2.75, 3.05) is 5.84 Å². The van der Waals surface area contributed by atoms with Crippen molar-refractivity contribution in [3.05, 3.63) is 60.8 Å². The van der Waals surface area contributed by atoms with Gasteiger partial charge < -0.3 is 5.84 Å². The molecule has 0 saturated heterocycles. The molecule has 0 aliphatic carbocycles. The first-order valence-corrected chi connectivity index (χ1v) is 6.13. The summed E-state index contributed by atoms with van der Waals surface area (Å²) in [5.41, 5.74) is 4.06. The van der Waals surface area contributed by atoms with Gasteiger partial charge in [-0.3, -0.25) is 4.40 Å². The first-order chi connectivity index (χ1) is 9.34. The maximum Gasteiger partial charge on any atom is 0.234 e. The van der Waals surface area contributed by atoms with Crippen molar-refractivity contribution < 1.29 is 0 Å². The first kappa shape index (κ1) is 10.2. The molecule has 2 aromatic heterocycles. The topological polar surface area (TPSA) is 48.2 Å². The van der Waals surface area contributed by atoms with E-state index in [1.54, 1.807) is 4.68 Å². The highest BCUT2D eigenvalue weighted by Crippen LogP contribution is 2.23. The van der Waals surface area contributed by atoms with Gasteiger partial charge in [0.1, 0.15) is 0 Å². The van der Waals surface area contributed by atoms with Gasteiger partial charge in [0.2, 0.25) is 5.78 Å². The summed E-state index contributed by atoms with van der Waals surface area (Å²) in [7, 11) is 0. The monoisotopic (exact) mass is 248 g/mol. The number of nitrogens with zero attached hydrogens (tertiary/aromatic N) is 3. The van der Waals surface area contributed by atoms with E-state index in [9.17, 15) is 0 Å². The van der Waals surface area contributed by atoms with Crippen LogP contribution < -0.4 is 5.84 Å². The molecule has 0 aliphatic heterocycles. The van der Waals surface area contributed by atoms with Crippen LogP contribution in [0.15, 0.2) is 60.8 Å². The summed E-state index contributed by atoms with van der Waals surface area (Å²) in [4.78, 5) is 4.62. The van der Waals surface area contributed by atoms with Gasteiger partial charge in [0.15, 0.2) is 0 Å². The molecule has 4 rings (SSSR count). The van der Waals surface area contributed by atoms with Gasteiger partial charge in [0, 0.05) is 11.8 Å². The molecule has 92 valence electrons. The zero-order chi connectivity index (χ0) is 12.8. The maximum atomic E-state index is 6.10. The van der Waals surface area contributed by atoms with E-state index in [0.29, 0.717) is 0 Å². The lowest BCUT2D eigenvalue weighted by Gasteiger charge is -1.96. The molecule has 0 aliphatic rings. The Balaban J connectivity index is 2.05. The number of imidazole rings is 2. The van der Waals surface area contributed by atoms with E-state index in [1.165, 1.54) is 0 Å². The van der Waals surface area contributed by atoms with Crippen molar-refractivity contribution in [1.29, 1.82) is 0 Å². The van der Waals surface area contributed by atoms with Gasteiger partial charge >= 0.3 is 0 Å². The van der Waals surface area contributed by atoms with Crippen LogP contribution in [0.1, 0.15) is 0 Å². The largest absolute Gasteiger partial charge is 0.336 e. The summed E-state index contributed by atoms with van der Waals surface area (Å²) in [5.74, 6) is 6.85. The van der Waals surface area contributed by atoms with Crippen molar-refractivity contribution in [1.82, 2.24) is 14.1 Å². The van der Waals surface area contributed by atoms with Crippen LogP contribution in [0.3, 0.4) is 0 Å². The quantitative estimate of drug-likeness (QED) is 0.526. The molecular weight excluding hydrogens is 236 g/mol. The lowest BCUT2D eigenvalue weighted by atomic mass is 10.2. The molecular formula is C15H12N4. The van der Waals surface area contributed by atoms with Crippen LogP contribution in [-0.4, -0.2) is 14.1 Å². The Morgan fingerprint density at radius 3 is 2.32 bits per heavy atom. The van der Waals surface area contributed by atoms with E-state index in [0.717, 1.165) is 28.1 Å². The predicted molar refractivity (Wildman–Crippen MR) is 76.3 cm³/mol. The van der Waals surface area contributed by atoms with Crippen molar-refractivity contribution in [2.45, 2.75) is 0 Å². The van der Waals surface area contributed by atoms with E-state index in [-0.39, 0.29) is 0 Å². The summed E-state index contributed by atoms with van der Waals surface area (Å²) < 4.78 is 3.65. The smallest absolute Gasteiger partial charge is 0.234 e. The minimum atomic E-state index is 0.750. The van der Waals surface area contributed by atoms with Gasteiger partial charge in [-0.1, -0.05) is 42.5 Å². The van der Waals surface area contributed by atoms with Crippen LogP contribution in [0.25, 0.3) is 28.1 Å². The molecule has 4 heteroatoms. The Hall–Kier alpha value is -2.75. The summed E-state index contributed by atoms with van der Waals surface area (Å²) >= 11 is 0. The van der Waals surface area contributed by atoms with Gasteiger partial charge in [-0.15, -0.1) is 0 Å². The van der Waals surface area contributed by atoms with E-state index in [1.807, 2.05) is 65.2 Å². The number of fused-ring (bicyclic) bond motifs is 3. The lowest BCUT2D eigenvalue weighted by Crippen LogP contribution is -2.07. The Morgan fingerprint density at radius 1 is 0.842 bits per heavy atom. The molecule has 0 radical (unpaired) electrons. The second-order valence-corrected chi connectivity index (χ2v) is 4.52. The van der Waals surface area contributed by atoms with Crippen LogP contribution >= 0.6 is 0 Å². The Kier molecular flexibility index (Phi) is 1.94. The third kappa shape index (κ3) is 1.37. The Labute approximate surface area is 109 Å². The third-order valence-corrected chi connectivity index (χ3v) is 3.37. The fourth-order valence-corrected chi connectivity index (χ4v) is 2.45. The molecule has 2 N–H and O–H groups in total. The average Bonchev–Trinajstić information content (AvgIpc) is 3.01. The number of nitrogens with two attached hydrogens (primary N) is 1. The van der Waals surface area contributed by atoms with Crippen LogP contribution in [0.4, 0.5) is 0 Å². The number of nitrogen functional groups attached to an aromatic ring is 1. The molecule has 0 fully saturated rings. The standard InChI is InChI=1S/C15H12N4/c16-19-14-9-5-4-8-13(14)18-10-12(17-15(18)19)11-6-2-1-3-7-11/h1-10H,16H2. The van der Waals surface area contributed by atoms with Crippen molar-refractivity contribution >= 4 is 16.8 Å². The molecule has 2 heterocycles. The SMILES string of the molecule is Nn1c2ccccc2n2cc(-c3ccccc3)nc12. The molecule has 0 saturated carbocycles. The second kappa shape index (κ2) is 3.62. The summed E-state index contributed by atoms with van der Waals surface area (Å²) in [6.07, 6.45) is 2.02. The van der Waals surface area contributed by atoms with E-state index in [4.69, 9.17) is 5.84 Å². The van der Waals surface area contributed by atoms with E-state index < -0.39 is 0 Å². The highest BCUT2D eigenvalue weighted by molar-refractivity contribution is 5.82. The van der Waals surface area contributed by atoms with Crippen molar-refractivity contribution in [3.8, 4) is 11.3 Å². The van der Waals surface area contributed by atoms with Gasteiger partial charge in [-0.05, 0) is 12.1 Å². The molecule has 0 spiro atoms. The Morgan fingerprint density at radius 2 is 1.53 bits per heavy atom. The zero-order valence-electron chi connectivity index (χ0n) is 10.2. The van der Waals surface area contributed by atoms with Gasteiger partial charge in [-0.2, -0.15) is 0 Å². The molecule has 0 bridgehead atoms. The second-order valence-electron chi connectivity index (χ2n) is 4.52. The van der Waals surface area contributed by atoms with E-state index in [2.05, 4.69) is 4.98 Å². The molecule has 2 aromatic carbocycles. The minimum Gasteiger partial charge on any atom is -0.336 e. The Bertz CT molecular complexity index is 871. The van der Waals surface area contributed by atoms with Crippen LogP contribution in [0.2, 0.25) is 0 Å². The number of hydrogen-bond acceptors (Lipinski definition) is 2. The van der Waals surface area contributed by atoms with Crippen LogP contribution in [0, 0.1) is 0 Å². The van der Waals surface area contributed by atoms with Crippen molar-refractivity contribution in [3.63, 3.8) is 0 Å². The summed E-state index contributed by atoms with van der Waals surface area (Å²) in [5, 5.41) is 0. The lowest BCUT2D eigenvalue weighted by molar-refractivity contribution is 1.05. The minimum absolute atomic E-state index is 0.750. The van der Waals surface area contributed by atoms with Gasteiger partial charge in [0.25, 0.3) is 0 Å². The molecule has 0 amide bonds. The zero-order valence-corrected chi connectivity index (χ0v) is 10.2. The highest BCUT2D eigenvalue weighted by Gasteiger charge is 2.12. The van der Waals surface area contributed by atoms with Crippen LogP contribution in [-0.2, 0) is 0 Å². The molecule has 19 heavy (non-hydrogen) atoms. The van der Waals surface area contributed by atoms with Crippen LogP contribution in [0.5, 0.6) is 0 Å². The third-order valence-electron chi connectivity index (χ3n) is 3.37. The number of rotatable bonds is 1. The van der Waals surface area contributed by atoms with Gasteiger partial charge in [0.05, 0.1) is 16.7 Å². The predicted octanol–water partition coefficient (Wildman–Crippen LogP) is 2.67. The molecule has 4 nitrogen and oxygen atoms in total.